The summed E-state index contributed by atoms with van der Waals surface area (Å²) in [6.45, 7) is 1.02. The molecule has 3 heterocycles. The summed E-state index contributed by atoms with van der Waals surface area (Å²) in [5, 5.41) is 3.80. The molecular formula is C15H14ClN5O3. The highest BCUT2D eigenvalue weighted by molar-refractivity contribution is 6.31. The lowest BCUT2D eigenvalue weighted by Crippen LogP contribution is -2.54. The molecule has 4 rings (SSSR count). The Labute approximate surface area is 141 Å². The second-order valence-electron chi connectivity index (χ2n) is 5.51. The fraction of sp³-hybridized carbons (Fsp3) is 0.267. The zero-order valence-electron chi connectivity index (χ0n) is 12.7. The number of ether oxygens (including phenoxy) is 1. The van der Waals surface area contributed by atoms with Crippen molar-refractivity contribution in [2.24, 2.45) is 0 Å². The molecule has 1 saturated heterocycles. The number of nitrogens with zero attached hydrogens (tertiary/aromatic N) is 3. The van der Waals surface area contributed by atoms with Crippen molar-refractivity contribution < 1.29 is 13.9 Å². The van der Waals surface area contributed by atoms with Crippen LogP contribution in [0.15, 0.2) is 22.6 Å². The Kier molecular flexibility index (Phi) is 3.34. The first-order valence-corrected chi connectivity index (χ1v) is 7.71. The lowest BCUT2D eigenvalue weighted by atomic mass is 10.1. The molecular weight excluding hydrogens is 334 g/mol. The predicted octanol–water partition coefficient (Wildman–Crippen LogP) is 2.16. The lowest BCUT2D eigenvalue weighted by molar-refractivity contribution is 0.0824. The summed E-state index contributed by atoms with van der Waals surface area (Å²) in [5.74, 6) is 0.734. The van der Waals surface area contributed by atoms with Gasteiger partial charge in [0, 0.05) is 17.5 Å². The minimum Gasteiger partial charge on any atom is -0.450 e. The number of carbonyl (C=O) groups excluding carboxylic acids is 1. The van der Waals surface area contributed by atoms with Gasteiger partial charge in [0.2, 0.25) is 5.95 Å². The summed E-state index contributed by atoms with van der Waals surface area (Å²) in [5.41, 5.74) is 7.67. The Morgan fingerprint density at radius 3 is 3.00 bits per heavy atom. The molecule has 24 heavy (non-hydrogen) atoms. The number of rotatable bonds is 2. The molecule has 0 spiro atoms. The Balaban J connectivity index is 1.71. The molecule has 8 nitrogen and oxygen atoms in total. The van der Waals surface area contributed by atoms with E-state index in [0.29, 0.717) is 40.6 Å². The highest BCUT2D eigenvalue weighted by Gasteiger charge is 2.33. The molecule has 0 saturated carbocycles. The largest absolute Gasteiger partial charge is 0.450 e. The van der Waals surface area contributed by atoms with Crippen molar-refractivity contribution in [3.05, 3.63) is 23.2 Å². The number of hydrogen-bond donors (Lipinski definition) is 2. The zero-order chi connectivity index (χ0) is 16.8. The standard InChI is InChI=1S/C15H14ClN5O3/c1-18-15(22)23-8-5-21(6-8)13-12-11(19-14(17)20-13)9-4-7(16)2-3-10(9)24-12/h2-4,8H,5-6H2,1H3,(H,18,22)(H2,17,19,20). The summed E-state index contributed by atoms with van der Waals surface area (Å²) in [6.07, 6.45) is -0.652. The number of aromatic nitrogens is 2. The fourth-order valence-corrected chi connectivity index (χ4v) is 2.90. The molecule has 0 unspecified atom stereocenters. The van der Waals surface area contributed by atoms with Gasteiger partial charge in [0.05, 0.1) is 13.1 Å². The summed E-state index contributed by atoms with van der Waals surface area (Å²) in [6, 6.07) is 5.32. The van der Waals surface area contributed by atoms with Crippen LogP contribution >= 0.6 is 11.6 Å². The average molecular weight is 348 g/mol. The van der Waals surface area contributed by atoms with Crippen molar-refractivity contribution in [1.82, 2.24) is 15.3 Å². The van der Waals surface area contributed by atoms with Crippen molar-refractivity contribution in [2.45, 2.75) is 6.10 Å². The smallest absolute Gasteiger partial charge is 0.407 e. The number of nitrogen functional groups attached to an aromatic ring is 1. The highest BCUT2D eigenvalue weighted by atomic mass is 35.5. The normalized spacial score (nSPS) is 14.8. The molecule has 3 N–H and O–H groups in total. The van der Waals surface area contributed by atoms with Crippen LogP contribution in [-0.2, 0) is 4.74 Å². The van der Waals surface area contributed by atoms with Crippen molar-refractivity contribution >= 4 is 51.5 Å². The summed E-state index contributed by atoms with van der Waals surface area (Å²) >= 11 is 6.06. The monoisotopic (exact) mass is 347 g/mol. The predicted molar refractivity (Wildman–Crippen MR) is 90.3 cm³/mol. The van der Waals surface area contributed by atoms with E-state index in [9.17, 15) is 4.79 Å². The van der Waals surface area contributed by atoms with E-state index in [0.717, 1.165) is 5.39 Å². The quantitative estimate of drug-likeness (QED) is 0.731. The number of amides is 1. The van der Waals surface area contributed by atoms with Crippen molar-refractivity contribution in [3.8, 4) is 0 Å². The molecule has 3 aromatic rings. The highest BCUT2D eigenvalue weighted by Crippen LogP contribution is 2.36. The van der Waals surface area contributed by atoms with Gasteiger partial charge in [-0.3, -0.25) is 0 Å². The van der Waals surface area contributed by atoms with Crippen LogP contribution in [0.5, 0.6) is 0 Å². The maximum atomic E-state index is 11.2. The van der Waals surface area contributed by atoms with E-state index in [4.69, 9.17) is 26.5 Å². The number of benzene rings is 1. The van der Waals surface area contributed by atoms with Crippen molar-refractivity contribution in [3.63, 3.8) is 0 Å². The van der Waals surface area contributed by atoms with E-state index in [2.05, 4.69) is 15.3 Å². The molecule has 1 aromatic carbocycles. The second-order valence-corrected chi connectivity index (χ2v) is 5.94. The van der Waals surface area contributed by atoms with Crippen molar-refractivity contribution in [2.75, 3.05) is 30.8 Å². The summed E-state index contributed by atoms with van der Waals surface area (Å²) in [7, 11) is 1.52. The maximum absolute atomic E-state index is 11.2. The van der Waals surface area contributed by atoms with E-state index in [1.54, 1.807) is 18.2 Å². The van der Waals surface area contributed by atoms with Crippen LogP contribution in [-0.4, -0.2) is 42.3 Å². The van der Waals surface area contributed by atoms with Gasteiger partial charge < -0.3 is 25.1 Å². The molecule has 0 radical (unpaired) electrons. The van der Waals surface area contributed by atoms with Gasteiger partial charge in [-0.1, -0.05) is 11.6 Å². The van der Waals surface area contributed by atoms with Gasteiger partial charge in [-0.15, -0.1) is 0 Å². The van der Waals surface area contributed by atoms with Gasteiger partial charge in [0.25, 0.3) is 0 Å². The Bertz CT molecular complexity index is 951. The molecule has 0 bridgehead atoms. The van der Waals surface area contributed by atoms with E-state index in [-0.39, 0.29) is 12.1 Å². The van der Waals surface area contributed by atoms with Crippen LogP contribution in [0.4, 0.5) is 16.6 Å². The number of halogens is 1. The second kappa shape index (κ2) is 5.41. The van der Waals surface area contributed by atoms with Crippen LogP contribution in [0.2, 0.25) is 5.02 Å². The van der Waals surface area contributed by atoms with Crippen molar-refractivity contribution in [1.29, 1.82) is 0 Å². The van der Waals surface area contributed by atoms with Crippen LogP contribution in [0.3, 0.4) is 0 Å². The molecule has 2 aromatic heterocycles. The van der Waals surface area contributed by atoms with Gasteiger partial charge in [0.15, 0.2) is 11.4 Å². The van der Waals surface area contributed by atoms with Crippen LogP contribution in [0, 0.1) is 0 Å². The third kappa shape index (κ3) is 2.35. The maximum Gasteiger partial charge on any atom is 0.407 e. The Morgan fingerprint density at radius 1 is 1.46 bits per heavy atom. The van der Waals surface area contributed by atoms with Crippen LogP contribution < -0.4 is 16.0 Å². The number of furan rings is 1. The first kappa shape index (κ1) is 14.8. The van der Waals surface area contributed by atoms with Gasteiger partial charge in [0.1, 0.15) is 17.2 Å². The van der Waals surface area contributed by atoms with Crippen LogP contribution in [0.1, 0.15) is 0 Å². The number of hydrogen-bond acceptors (Lipinski definition) is 7. The van der Waals surface area contributed by atoms with E-state index in [1.165, 1.54) is 7.05 Å². The Hall–Kier alpha value is -2.74. The van der Waals surface area contributed by atoms with E-state index >= 15 is 0 Å². The lowest BCUT2D eigenvalue weighted by Gasteiger charge is -2.38. The van der Waals surface area contributed by atoms with Gasteiger partial charge in [-0.05, 0) is 18.2 Å². The molecule has 124 valence electrons. The third-order valence-corrected chi connectivity index (χ3v) is 4.13. The number of anilines is 2. The minimum absolute atomic E-state index is 0.149. The van der Waals surface area contributed by atoms with E-state index < -0.39 is 6.09 Å². The van der Waals surface area contributed by atoms with E-state index in [1.807, 2.05) is 4.90 Å². The summed E-state index contributed by atoms with van der Waals surface area (Å²) < 4.78 is 11.1. The molecule has 1 aliphatic rings. The fourth-order valence-electron chi connectivity index (χ4n) is 2.73. The molecule has 1 amide bonds. The van der Waals surface area contributed by atoms with Crippen LogP contribution in [0.25, 0.3) is 22.1 Å². The molecule has 0 aliphatic carbocycles. The summed E-state index contributed by atoms with van der Waals surface area (Å²) in [4.78, 5) is 21.7. The topological polar surface area (TPSA) is 107 Å². The number of alkyl carbamates (subject to hydrolysis) is 1. The van der Waals surface area contributed by atoms with Gasteiger partial charge in [-0.2, -0.15) is 4.98 Å². The molecule has 0 atom stereocenters. The SMILES string of the molecule is CNC(=O)OC1CN(c2nc(N)nc3c2oc2ccc(Cl)cc23)C1. The first-order chi connectivity index (χ1) is 11.5. The third-order valence-electron chi connectivity index (χ3n) is 3.90. The number of carbonyl (C=O) groups is 1. The Morgan fingerprint density at radius 2 is 2.25 bits per heavy atom. The van der Waals surface area contributed by atoms with Gasteiger partial charge >= 0.3 is 6.09 Å². The molecule has 1 fully saturated rings. The zero-order valence-corrected chi connectivity index (χ0v) is 13.5. The molecule has 9 heteroatoms. The number of nitrogens with one attached hydrogen (secondary N) is 1. The number of nitrogens with two attached hydrogens (primary N) is 1. The minimum atomic E-state index is -0.453. The first-order valence-electron chi connectivity index (χ1n) is 7.33. The average Bonchev–Trinajstić information content (AvgIpc) is 2.87. The molecule has 1 aliphatic heterocycles. The van der Waals surface area contributed by atoms with Gasteiger partial charge in [-0.25, -0.2) is 9.78 Å². The number of fused-ring (bicyclic) bond motifs is 3.